The van der Waals surface area contributed by atoms with Gasteiger partial charge in [0.15, 0.2) is 0 Å². The molecule has 1 heterocycles. The van der Waals surface area contributed by atoms with Crippen LogP contribution in [-0.2, 0) is 6.18 Å². The molecule has 0 aliphatic heterocycles. The number of fused-ring (bicyclic) bond motifs is 1. The molecule has 2 aromatic rings. The standard InChI is InChI=1S/C13H14F3N3O2/c1-7(20)6-17-11-9-4-3-8(21-2)5-10(9)18-12(19-11)13(14,15)16/h3-5,7,20H,6H2,1-2H3,(H,17,18,19). The van der Waals surface area contributed by atoms with Crippen LogP contribution in [0.2, 0.25) is 0 Å². The monoisotopic (exact) mass is 301 g/mol. The number of aliphatic hydroxyl groups is 1. The molecule has 0 spiro atoms. The second-order valence-corrected chi connectivity index (χ2v) is 4.51. The van der Waals surface area contributed by atoms with Gasteiger partial charge in [-0.25, -0.2) is 9.97 Å². The number of ether oxygens (including phenoxy) is 1. The number of aliphatic hydroxyl groups excluding tert-OH is 1. The number of nitrogens with zero attached hydrogens (tertiary/aromatic N) is 2. The van der Waals surface area contributed by atoms with Gasteiger partial charge in [-0.3, -0.25) is 0 Å². The molecule has 8 heteroatoms. The largest absolute Gasteiger partial charge is 0.497 e. The number of methoxy groups -OCH3 is 1. The van der Waals surface area contributed by atoms with E-state index in [-0.39, 0.29) is 17.9 Å². The highest BCUT2D eigenvalue weighted by atomic mass is 19.4. The quantitative estimate of drug-likeness (QED) is 0.908. The number of benzene rings is 1. The van der Waals surface area contributed by atoms with Gasteiger partial charge in [0.2, 0.25) is 5.82 Å². The Morgan fingerprint density at radius 2 is 2.05 bits per heavy atom. The summed E-state index contributed by atoms with van der Waals surface area (Å²) in [6.45, 7) is 1.60. The van der Waals surface area contributed by atoms with Gasteiger partial charge >= 0.3 is 6.18 Å². The summed E-state index contributed by atoms with van der Waals surface area (Å²) in [6.07, 6.45) is -5.37. The Kier molecular flexibility index (Phi) is 4.17. The van der Waals surface area contributed by atoms with E-state index < -0.39 is 18.1 Å². The highest BCUT2D eigenvalue weighted by molar-refractivity contribution is 5.90. The van der Waals surface area contributed by atoms with E-state index in [0.29, 0.717) is 11.1 Å². The minimum Gasteiger partial charge on any atom is -0.497 e. The summed E-state index contributed by atoms with van der Waals surface area (Å²) in [5.74, 6) is -0.817. The van der Waals surface area contributed by atoms with Gasteiger partial charge in [-0.2, -0.15) is 13.2 Å². The van der Waals surface area contributed by atoms with Crippen LogP contribution in [-0.4, -0.2) is 34.8 Å². The zero-order valence-corrected chi connectivity index (χ0v) is 11.4. The number of hydrogen-bond donors (Lipinski definition) is 2. The summed E-state index contributed by atoms with van der Waals surface area (Å²) in [6, 6.07) is 4.57. The Hall–Kier alpha value is -2.09. The van der Waals surface area contributed by atoms with Crippen LogP contribution in [0.4, 0.5) is 19.0 Å². The molecule has 0 saturated heterocycles. The molecule has 1 atom stereocenters. The molecule has 0 aliphatic rings. The average Bonchev–Trinajstić information content (AvgIpc) is 2.42. The van der Waals surface area contributed by atoms with E-state index in [9.17, 15) is 18.3 Å². The lowest BCUT2D eigenvalue weighted by molar-refractivity contribution is -0.144. The Bertz CT molecular complexity index is 644. The molecule has 1 aromatic heterocycles. The highest BCUT2D eigenvalue weighted by Crippen LogP contribution is 2.31. The number of halogens is 3. The molecule has 5 nitrogen and oxygen atoms in total. The maximum Gasteiger partial charge on any atom is 0.451 e. The van der Waals surface area contributed by atoms with Gasteiger partial charge < -0.3 is 15.2 Å². The summed E-state index contributed by atoms with van der Waals surface area (Å²) in [5.41, 5.74) is 0.116. The first-order valence-corrected chi connectivity index (χ1v) is 6.16. The van der Waals surface area contributed by atoms with E-state index in [1.54, 1.807) is 12.1 Å². The van der Waals surface area contributed by atoms with Crippen molar-refractivity contribution in [2.24, 2.45) is 0 Å². The van der Waals surface area contributed by atoms with Crippen LogP contribution < -0.4 is 10.1 Å². The van der Waals surface area contributed by atoms with Crippen molar-refractivity contribution in [3.63, 3.8) is 0 Å². The van der Waals surface area contributed by atoms with Crippen LogP contribution in [0.5, 0.6) is 5.75 Å². The van der Waals surface area contributed by atoms with Gasteiger partial charge in [-0.1, -0.05) is 0 Å². The lowest BCUT2D eigenvalue weighted by Gasteiger charge is -2.13. The fraction of sp³-hybridized carbons (Fsp3) is 0.385. The van der Waals surface area contributed by atoms with Crippen LogP contribution in [0, 0.1) is 0 Å². The fourth-order valence-corrected chi connectivity index (χ4v) is 1.74. The number of aromatic nitrogens is 2. The van der Waals surface area contributed by atoms with Crippen LogP contribution in [0.3, 0.4) is 0 Å². The van der Waals surface area contributed by atoms with Crippen LogP contribution in [0.25, 0.3) is 10.9 Å². The van der Waals surface area contributed by atoms with Gasteiger partial charge in [0.05, 0.1) is 18.7 Å². The summed E-state index contributed by atoms with van der Waals surface area (Å²) in [5, 5.41) is 12.4. The van der Waals surface area contributed by atoms with E-state index in [2.05, 4.69) is 15.3 Å². The van der Waals surface area contributed by atoms with E-state index in [4.69, 9.17) is 4.74 Å². The molecule has 1 aromatic carbocycles. The Morgan fingerprint density at radius 3 is 2.62 bits per heavy atom. The lowest BCUT2D eigenvalue weighted by atomic mass is 10.2. The summed E-state index contributed by atoms with van der Waals surface area (Å²) in [4.78, 5) is 7.02. The molecule has 0 radical (unpaired) electrons. The first-order chi connectivity index (χ1) is 9.81. The summed E-state index contributed by atoms with van der Waals surface area (Å²) < 4.78 is 43.5. The zero-order valence-electron chi connectivity index (χ0n) is 11.4. The molecule has 1 unspecified atom stereocenters. The molecule has 21 heavy (non-hydrogen) atoms. The van der Waals surface area contributed by atoms with Crippen molar-refractivity contribution in [1.82, 2.24) is 9.97 Å². The second-order valence-electron chi connectivity index (χ2n) is 4.51. The lowest BCUT2D eigenvalue weighted by Crippen LogP contribution is -2.18. The molecule has 0 bridgehead atoms. The van der Waals surface area contributed by atoms with Crippen LogP contribution in [0.1, 0.15) is 12.7 Å². The SMILES string of the molecule is COc1ccc2c(NCC(C)O)nc(C(F)(F)F)nc2c1. The molecule has 0 amide bonds. The first-order valence-electron chi connectivity index (χ1n) is 6.16. The number of anilines is 1. The van der Waals surface area contributed by atoms with Crippen LogP contribution in [0.15, 0.2) is 18.2 Å². The van der Waals surface area contributed by atoms with Gasteiger partial charge in [0.25, 0.3) is 0 Å². The van der Waals surface area contributed by atoms with Crippen molar-refractivity contribution in [2.75, 3.05) is 19.0 Å². The number of hydrogen-bond acceptors (Lipinski definition) is 5. The maximum atomic E-state index is 12.8. The molecule has 2 N–H and O–H groups in total. The molecule has 0 aliphatic carbocycles. The Morgan fingerprint density at radius 1 is 1.33 bits per heavy atom. The predicted octanol–water partition coefficient (Wildman–Crippen LogP) is 2.45. The Labute approximate surface area is 118 Å². The van der Waals surface area contributed by atoms with Gasteiger partial charge in [0, 0.05) is 18.0 Å². The van der Waals surface area contributed by atoms with Crippen molar-refractivity contribution in [3.05, 3.63) is 24.0 Å². The van der Waals surface area contributed by atoms with Gasteiger partial charge in [0.1, 0.15) is 11.6 Å². The number of rotatable bonds is 4. The smallest absolute Gasteiger partial charge is 0.451 e. The topological polar surface area (TPSA) is 67.3 Å². The third kappa shape index (κ3) is 3.52. The summed E-state index contributed by atoms with van der Waals surface area (Å²) >= 11 is 0. The number of nitrogens with one attached hydrogen (secondary N) is 1. The van der Waals surface area contributed by atoms with Crippen molar-refractivity contribution in [1.29, 1.82) is 0 Å². The maximum absolute atomic E-state index is 12.8. The van der Waals surface area contributed by atoms with E-state index >= 15 is 0 Å². The van der Waals surface area contributed by atoms with E-state index in [1.807, 2.05) is 0 Å². The van der Waals surface area contributed by atoms with E-state index in [1.165, 1.54) is 20.1 Å². The van der Waals surface area contributed by atoms with Crippen molar-refractivity contribution in [3.8, 4) is 5.75 Å². The highest BCUT2D eigenvalue weighted by Gasteiger charge is 2.35. The van der Waals surface area contributed by atoms with Gasteiger partial charge in [-0.15, -0.1) is 0 Å². The summed E-state index contributed by atoms with van der Waals surface area (Å²) in [7, 11) is 1.42. The van der Waals surface area contributed by atoms with Crippen molar-refractivity contribution in [2.45, 2.75) is 19.2 Å². The molecule has 0 fully saturated rings. The Balaban J connectivity index is 2.57. The minimum atomic E-state index is -4.65. The third-order valence-electron chi connectivity index (χ3n) is 2.72. The number of alkyl halides is 3. The van der Waals surface area contributed by atoms with Crippen molar-refractivity contribution >= 4 is 16.7 Å². The first kappa shape index (κ1) is 15.3. The molecular formula is C13H14F3N3O2. The molecular weight excluding hydrogens is 287 g/mol. The molecule has 0 saturated carbocycles. The average molecular weight is 301 g/mol. The minimum absolute atomic E-state index is 0.0240. The second kappa shape index (κ2) is 5.72. The normalized spacial score (nSPS) is 13.2. The fourth-order valence-electron chi connectivity index (χ4n) is 1.74. The van der Waals surface area contributed by atoms with E-state index in [0.717, 1.165) is 0 Å². The molecule has 114 valence electrons. The van der Waals surface area contributed by atoms with Gasteiger partial charge in [-0.05, 0) is 19.1 Å². The van der Waals surface area contributed by atoms with Crippen LogP contribution >= 0.6 is 0 Å². The molecule has 2 rings (SSSR count). The third-order valence-corrected chi connectivity index (χ3v) is 2.72. The zero-order chi connectivity index (χ0) is 15.6. The predicted molar refractivity (Wildman–Crippen MR) is 71.3 cm³/mol. The van der Waals surface area contributed by atoms with Crippen molar-refractivity contribution < 1.29 is 23.0 Å².